The van der Waals surface area contributed by atoms with Crippen molar-refractivity contribution in [1.29, 1.82) is 0 Å². The van der Waals surface area contributed by atoms with E-state index in [0.29, 0.717) is 18.1 Å². The minimum absolute atomic E-state index is 0.157. The molecule has 5 rings (SSSR count). The maximum absolute atomic E-state index is 13.3. The molecule has 1 aliphatic rings. The number of carbonyl (C=O) groups is 1. The number of nitrogens with one attached hydrogen (secondary N) is 1. The number of hydrogen-bond acceptors (Lipinski definition) is 5. The number of para-hydroxylation sites is 1. The number of aryl methyl sites for hydroxylation is 1. The third-order valence-electron chi connectivity index (χ3n) is 7.63. The van der Waals surface area contributed by atoms with Gasteiger partial charge < -0.3 is 15.3 Å². The Hall–Kier alpha value is -3.65. The Morgan fingerprint density at radius 2 is 1.60 bits per heavy atom. The first-order valence-electron chi connectivity index (χ1n) is 13.7. The number of amides is 1. The molecule has 1 atom stereocenters. The van der Waals surface area contributed by atoms with Crippen molar-refractivity contribution >= 4 is 23.2 Å². The number of β-amino-alcohol motifs (C(OH)–C–C–N with tert-alkyl or cyclic N) is 1. The Balaban J connectivity index is 1.23. The molecule has 2 heterocycles. The van der Waals surface area contributed by atoms with Crippen molar-refractivity contribution in [2.45, 2.75) is 26.9 Å². The highest BCUT2D eigenvalue weighted by Crippen LogP contribution is 2.29. The smallest absolute Gasteiger partial charge is 0.271 e. The number of aliphatic hydroxyl groups excluding tert-OH is 1. The molecule has 1 aromatic heterocycles. The molecule has 2 N–H and O–H groups in total. The van der Waals surface area contributed by atoms with Crippen LogP contribution in [0, 0.1) is 20.8 Å². The Labute approximate surface area is 241 Å². The van der Waals surface area contributed by atoms with E-state index < -0.39 is 6.10 Å². The number of carbonyl (C=O) groups excluding carboxylic acids is 1. The van der Waals surface area contributed by atoms with Crippen LogP contribution >= 0.6 is 11.6 Å². The van der Waals surface area contributed by atoms with Crippen LogP contribution in [0.1, 0.15) is 27.3 Å². The summed E-state index contributed by atoms with van der Waals surface area (Å²) in [6.07, 6.45) is -0.684. The SMILES string of the molecule is Cc1ccccc1-n1c(-c2ccccc2)nc(C(=O)NCC(O)CN2CCN(c3cccc(Cl)c3C)CC2)c1C. The van der Waals surface area contributed by atoms with Gasteiger partial charge in [0, 0.05) is 55.5 Å². The van der Waals surface area contributed by atoms with Crippen molar-refractivity contribution in [3.05, 3.63) is 100 Å². The molecule has 0 radical (unpaired) electrons. The average Bonchev–Trinajstić information content (AvgIpc) is 3.31. The predicted molar refractivity (Wildman–Crippen MR) is 162 cm³/mol. The summed E-state index contributed by atoms with van der Waals surface area (Å²) in [4.78, 5) is 22.7. The van der Waals surface area contributed by atoms with Gasteiger partial charge in [-0.3, -0.25) is 14.3 Å². The van der Waals surface area contributed by atoms with Gasteiger partial charge in [-0.1, -0.05) is 66.2 Å². The van der Waals surface area contributed by atoms with Crippen LogP contribution in [0.5, 0.6) is 0 Å². The van der Waals surface area contributed by atoms with Crippen molar-refractivity contribution in [1.82, 2.24) is 19.8 Å². The number of aliphatic hydroxyl groups is 1. The van der Waals surface area contributed by atoms with E-state index in [-0.39, 0.29) is 12.5 Å². The number of halogens is 1. The van der Waals surface area contributed by atoms with Gasteiger partial charge in [0.2, 0.25) is 0 Å². The molecule has 1 amide bonds. The van der Waals surface area contributed by atoms with E-state index in [2.05, 4.69) is 34.2 Å². The van der Waals surface area contributed by atoms with Gasteiger partial charge >= 0.3 is 0 Å². The van der Waals surface area contributed by atoms with E-state index >= 15 is 0 Å². The first-order chi connectivity index (χ1) is 19.3. The van der Waals surface area contributed by atoms with Crippen LogP contribution in [0.4, 0.5) is 5.69 Å². The third kappa shape index (κ3) is 5.92. The summed E-state index contributed by atoms with van der Waals surface area (Å²) in [5.74, 6) is 0.424. The summed E-state index contributed by atoms with van der Waals surface area (Å²) < 4.78 is 2.04. The first-order valence-corrected chi connectivity index (χ1v) is 14.1. The third-order valence-corrected chi connectivity index (χ3v) is 8.04. The first kappa shape index (κ1) is 27.9. The molecule has 208 valence electrons. The number of imidazole rings is 1. The molecule has 3 aromatic carbocycles. The highest BCUT2D eigenvalue weighted by Gasteiger charge is 2.24. The normalized spacial score (nSPS) is 14.8. The number of aromatic nitrogens is 2. The molecular weight excluding hydrogens is 522 g/mol. The number of piperazine rings is 1. The van der Waals surface area contributed by atoms with E-state index in [4.69, 9.17) is 16.6 Å². The fourth-order valence-corrected chi connectivity index (χ4v) is 5.54. The number of nitrogens with zero attached hydrogens (tertiary/aromatic N) is 4. The highest BCUT2D eigenvalue weighted by molar-refractivity contribution is 6.31. The lowest BCUT2D eigenvalue weighted by Gasteiger charge is -2.37. The number of benzene rings is 3. The van der Waals surface area contributed by atoms with Gasteiger partial charge in [0.25, 0.3) is 5.91 Å². The van der Waals surface area contributed by atoms with E-state index in [1.165, 1.54) is 0 Å². The molecule has 40 heavy (non-hydrogen) atoms. The molecule has 7 nitrogen and oxygen atoms in total. The van der Waals surface area contributed by atoms with Gasteiger partial charge in [-0.15, -0.1) is 0 Å². The molecule has 4 aromatic rings. The summed E-state index contributed by atoms with van der Waals surface area (Å²) in [5.41, 5.74) is 6.38. The molecule has 0 bridgehead atoms. The second-order valence-corrected chi connectivity index (χ2v) is 10.8. The van der Waals surface area contributed by atoms with Gasteiger partial charge in [-0.05, 0) is 50.1 Å². The molecule has 8 heteroatoms. The molecule has 1 aliphatic heterocycles. The Kier molecular flexibility index (Phi) is 8.54. The number of hydrogen-bond donors (Lipinski definition) is 2. The van der Waals surface area contributed by atoms with Gasteiger partial charge in [0.1, 0.15) is 11.5 Å². The van der Waals surface area contributed by atoms with E-state index in [1.54, 1.807) is 0 Å². The van der Waals surface area contributed by atoms with Crippen LogP contribution < -0.4 is 10.2 Å². The Morgan fingerprint density at radius 3 is 2.33 bits per heavy atom. The second kappa shape index (κ2) is 12.3. The van der Waals surface area contributed by atoms with Crippen molar-refractivity contribution in [3.63, 3.8) is 0 Å². The quantitative estimate of drug-likeness (QED) is 0.318. The van der Waals surface area contributed by atoms with E-state index in [0.717, 1.165) is 65.0 Å². The lowest BCUT2D eigenvalue weighted by molar-refractivity contribution is 0.0847. The van der Waals surface area contributed by atoms with Crippen LogP contribution in [-0.4, -0.2) is 70.8 Å². The molecular formula is C32H36ClN5O2. The average molecular weight is 558 g/mol. The van der Waals surface area contributed by atoms with Crippen LogP contribution in [0.25, 0.3) is 17.1 Å². The minimum Gasteiger partial charge on any atom is -0.390 e. The standard InChI is InChI=1S/C32H36ClN5O2/c1-22-10-7-8-14-28(22)38-24(3)30(35-31(38)25-11-5-4-6-12-25)32(40)34-20-26(39)21-36-16-18-37(19-17-36)29-15-9-13-27(33)23(29)2/h4-15,26,39H,16-21H2,1-3H3,(H,34,40). The van der Waals surface area contributed by atoms with Gasteiger partial charge in [0.15, 0.2) is 0 Å². The lowest BCUT2D eigenvalue weighted by Crippen LogP contribution is -2.50. The molecule has 1 unspecified atom stereocenters. The number of rotatable bonds is 8. The zero-order valence-electron chi connectivity index (χ0n) is 23.3. The van der Waals surface area contributed by atoms with Crippen molar-refractivity contribution < 1.29 is 9.90 Å². The largest absolute Gasteiger partial charge is 0.390 e. The summed E-state index contributed by atoms with van der Waals surface area (Å²) >= 11 is 6.31. The summed E-state index contributed by atoms with van der Waals surface area (Å²) in [6, 6.07) is 24.0. The van der Waals surface area contributed by atoms with Gasteiger partial charge in [0.05, 0.1) is 17.5 Å². The van der Waals surface area contributed by atoms with Crippen LogP contribution in [-0.2, 0) is 0 Å². The Morgan fingerprint density at radius 1 is 0.925 bits per heavy atom. The van der Waals surface area contributed by atoms with Crippen LogP contribution in [0.15, 0.2) is 72.8 Å². The monoisotopic (exact) mass is 557 g/mol. The second-order valence-electron chi connectivity index (χ2n) is 10.4. The molecule has 0 aliphatic carbocycles. The predicted octanol–water partition coefficient (Wildman–Crippen LogP) is 5.03. The minimum atomic E-state index is -0.684. The van der Waals surface area contributed by atoms with Gasteiger partial charge in [-0.2, -0.15) is 0 Å². The molecule has 1 saturated heterocycles. The molecule has 0 spiro atoms. The van der Waals surface area contributed by atoms with Crippen molar-refractivity contribution in [2.75, 3.05) is 44.2 Å². The lowest BCUT2D eigenvalue weighted by atomic mass is 10.1. The maximum Gasteiger partial charge on any atom is 0.271 e. The highest BCUT2D eigenvalue weighted by atomic mass is 35.5. The topological polar surface area (TPSA) is 73.6 Å². The summed E-state index contributed by atoms with van der Waals surface area (Å²) in [7, 11) is 0. The fourth-order valence-electron chi connectivity index (χ4n) is 5.37. The summed E-state index contributed by atoms with van der Waals surface area (Å²) in [6.45, 7) is 10.0. The number of anilines is 1. The molecule has 0 saturated carbocycles. The van der Waals surface area contributed by atoms with Crippen molar-refractivity contribution in [3.8, 4) is 17.1 Å². The maximum atomic E-state index is 13.3. The zero-order valence-corrected chi connectivity index (χ0v) is 24.0. The van der Waals surface area contributed by atoms with Crippen LogP contribution in [0.2, 0.25) is 5.02 Å². The van der Waals surface area contributed by atoms with E-state index in [1.807, 2.05) is 79.1 Å². The summed E-state index contributed by atoms with van der Waals surface area (Å²) in [5, 5.41) is 14.5. The Bertz CT molecular complexity index is 1480. The van der Waals surface area contributed by atoms with Crippen LogP contribution in [0.3, 0.4) is 0 Å². The zero-order chi connectivity index (χ0) is 28.2. The molecule has 1 fully saturated rings. The van der Waals surface area contributed by atoms with Crippen molar-refractivity contribution in [2.24, 2.45) is 0 Å². The van der Waals surface area contributed by atoms with Gasteiger partial charge in [-0.25, -0.2) is 4.98 Å². The van der Waals surface area contributed by atoms with E-state index in [9.17, 15) is 9.90 Å². The fraction of sp³-hybridized carbons (Fsp3) is 0.312.